The van der Waals surface area contributed by atoms with Gasteiger partial charge in [0.05, 0.1) is 0 Å². The molecule has 2 aliphatic carbocycles. The Labute approximate surface area is 155 Å². The monoisotopic (exact) mass is 402 g/mol. The summed E-state index contributed by atoms with van der Waals surface area (Å²) in [4.78, 5) is 12.1. The van der Waals surface area contributed by atoms with Crippen molar-refractivity contribution in [2.45, 2.75) is 38.8 Å². The maximum atomic E-state index is 12.1. The number of ketones is 1. The summed E-state index contributed by atoms with van der Waals surface area (Å²) in [7, 11) is -1.74. The highest BCUT2D eigenvalue weighted by molar-refractivity contribution is 9.09. The van der Waals surface area contributed by atoms with Crippen LogP contribution >= 0.6 is 15.9 Å². The Morgan fingerprint density at radius 1 is 1.33 bits per heavy atom. The zero-order valence-electron chi connectivity index (χ0n) is 14.7. The maximum absolute atomic E-state index is 12.1. The summed E-state index contributed by atoms with van der Waals surface area (Å²) in [6.45, 7) is 9.43. The maximum Gasteiger partial charge on any atom is 0.155 e. The van der Waals surface area contributed by atoms with Gasteiger partial charge in [-0.1, -0.05) is 75.8 Å². The van der Waals surface area contributed by atoms with Gasteiger partial charge in [-0.2, -0.15) is 0 Å². The number of halogens is 1. The van der Waals surface area contributed by atoms with Crippen LogP contribution in [0.5, 0.6) is 0 Å². The van der Waals surface area contributed by atoms with Crippen molar-refractivity contribution in [1.29, 1.82) is 0 Å². The van der Waals surface area contributed by atoms with Crippen LogP contribution in [-0.4, -0.2) is 19.2 Å². The fraction of sp³-hybridized carbons (Fsp3) is 0.476. The number of carbonyl (C=O) groups is 1. The first-order valence-corrected chi connectivity index (χ1v) is 13.1. The lowest BCUT2D eigenvalue weighted by atomic mass is 9.68. The van der Waals surface area contributed by atoms with Gasteiger partial charge in [0.2, 0.25) is 0 Å². The summed E-state index contributed by atoms with van der Waals surface area (Å²) < 4.78 is 0. The van der Waals surface area contributed by atoms with Crippen LogP contribution in [0.1, 0.15) is 25.7 Å². The molecule has 0 amide bonds. The van der Waals surface area contributed by atoms with Crippen molar-refractivity contribution >= 4 is 35.0 Å². The van der Waals surface area contributed by atoms with E-state index in [1.54, 1.807) is 0 Å². The smallest absolute Gasteiger partial charge is 0.155 e. The zero-order valence-corrected chi connectivity index (χ0v) is 17.3. The Bertz CT molecular complexity index is 664. The van der Waals surface area contributed by atoms with E-state index in [2.05, 4.69) is 72.0 Å². The summed E-state index contributed by atoms with van der Waals surface area (Å²) >= 11 is 3.63. The average Bonchev–Trinajstić information content (AvgIpc) is 2.94. The van der Waals surface area contributed by atoms with Crippen LogP contribution in [0.4, 0.5) is 0 Å². The molecule has 0 bridgehead atoms. The van der Waals surface area contributed by atoms with Crippen LogP contribution < -0.4 is 5.19 Å². The molecule has 0 heterocycles. The van der Waals surface area contributed by atoms with Gasteiger partial charge in [0.1, 0.15) is 8.07 Å². The highest BCUT2D eigenvalue weighted by Gasteiger charge is 2.51. The van der Waals surface area contributed by atoms with E-state index in [0.29, 0.717) is 24.0 Å². The minimum Gasteiger partial charge on any atom is -0.295 e. The fourth-order valence-electron chi connectivity index (χ4n) is 4.80. The van der Waals surface area contributed by atoms with E-state index >= 15 is 0 Å². The van der Waals surface area contributed by atoms with Gasteiger partial charge in [0.15, 0.2) is 5.78 Å². The molecule has 2 aliphatic rings. The number of benzene rings is 1. The average molecular weight is 403 g/mol. The van der Waals surface area contributed by atoms with Crippen molar-refractivity contribution in [3.63, 3.8) is 0 Å². The molecule has 3 atom stereocenters. The van der Waals surface area contributed by atoms with E-state index in [9.17, 15) is 4.79 Å². The van der Waals surface area contributed by atoms with E-state index in [1.807, 2.05) is 6.08 Å². The van der Waals surface area contributed by atoms with E-state index in [-0.39, 0.29) is 5.41 Å². The predicted octanol–water partition coefficient (Wildman–Crippen LogP) is 5.02. The van der Waals surface area contributed by atoms with Crippen molar-refractivity contribution < 1.29 is 4.79 Å². The third-order valence-corrected chi connectivity index (χ3v) is 10.6. The first kappa shape index (κ1) is 17.9. The Balaban J connectivity index is 1.91. The number of rotatable bonds is 5. The minimum absolute atomic E-state index is 0.201. The zero-order chi connectivity index (χ0) is 17.4. The third-order valence-electron chi connectivity index (χ3n) is 6.47. The molecule has 1 fully saturated rings. The molecule has 0 aromatic heterocycles. The molecule has 0 N–H and O–H groups in total. The van der Waals surface area contributed by atoms with E-state index < -0.39 is 8.07 Å². The molecular weight excluding hydrogens is 376 g/mol. The van der Waals surface area contributed by atoms with Crippen molar-refractivity contribution in [3.8, 4) is 0 Å². The van der Waals surface area contributed by atoms with Crippen LogP contribution in [0.15, 0.2) is 54.3 Å². The number of hydrogen-bond donors (Lipinski definition) is 0. The molecule has 0 spiro atoms. The van der Waals surface area contributed by atoms with Gasteiger partial charge in [-0.15, -0.1) is 6.58 Å². The second-order valence-corrected chi connectivity index (χ2v) is 13.2. The summed E-state index contributed by atoms with van der Waals surface area (Å²) in [5.41, 5.74) is 0.201. The van der Waals surface area contributed by atoms with Gasteiger partial charge in [0, 0.05) is 11.8 Å². The van der Waals surface area contributed by atoms with Gasteiger partial charge in [-0.05, 0) is 42.6 Å². The fourth-order valence-corrected chi connectivity index (χ4v) is 8.21. The Morgan fingerprint density at radius 2 is 2.04 bits per heavy atom. The molecule has 1 aromatic carbocycles. The molecule has 24 heavy (non-hydrogen) atoms. The first-order chi connectivity index (χ1) is 11.4. The topological polar surface area (TPSA) is 17.1 Å². The summed E-state index contributed by atoms with van der Waals surface area (Å²) in [5, 5.41) is 3.88. The summed E-state index contributed by atoms with van der Waals surface area (Å²) in [5.74, 6) is 1.22. The lowest BCUT2D eigenvalue weighted by Crippen LogP contribution is -2.47. The number of carbonyl (C=O) groups excluding carboxylic acids is 1. The molecule has 0 aliphatic heterocycles. The SMILES string of the molecule is C=C([C@@H]1CC[C@]2(CCBr)C=CC(=O)C[C@H]12)[Si](C)(C)c1ccccc1. The van der Waals surface area contributed by atoms with Crippen LogP contribution in [-0.2, 0) is 4.79 Å². The highest BCUT2D eigenvalue weighted by Crippen LogP contribution is 2.56. The van der Waals surface area contributed by atoms with E-state index in [4.69, 9.17) is 0 Å². The van der Waals surface area contributed by atoms with E-state index in [0.717, 1.165) is 11.8 Å². The van der Waals surface area contributed by atoms with Gasteiger partial charge in [0.25, 0.3) is 0 Å². The standard InChI is InChI=1S/C21H27BrOSi/c1-16(24(2,3)18-7-5-4-6-8-18)19-10-12-21(13-14-22)11-9-17(23)15-20(19)21/h4-9,11,19-20H,1,10,12-15H2,2-3H3/t19-,20+,21-/m0/s1. The van der Waals surface area contributed by atoms with Gasteiger partial charge < -0.3 is 0 Å². The largest absolute Gasteiger partial charge is 0.295 e. The minimum atomic E-state index is -1.74. The van der Waals surface area contributed by atoms with Crippen LogP contribution in [0.2, 0.25) is 13.1 Å². The molecule has 3 rings (SSSR count). The van der Waals surface area contributed by atoms with Gasteiger partial charge >= 0.3 is 0 Å². The summed E-state index contributed by atoms with van der Waals surface area (Å²) in [6, 6.07) is 10.9. The van der Waals surface area contributed by atoms with Crippen LogP contribution in [0.25, 0.3) is 0 Å². The van der Waals surface area contributed by atoms with Crippen molar-refractivity contribution in [2.75, 3.05) is 5.33 Å². The van der Waals surface area contributed by atoms with Crippen molar-refractivity contribution in [3.05, 3.63) is 54.3 Å². The number of hydrogen-bond acceptors (Lipinski definition) is 1. The quantitative estimate of drug-likeness (QED) is 0.498. The predicted molar refractivity (Wildman–Crippen MR) is 109 cm³/mol. The second kappa shape index (κ2) is 6.76. The van der Waals surface area contributed by atoms with Gasteiger partial charge in [-0.3, -0.25) is 4.79 Å². The van der Waals surface area contributed by atoms with E-state index in [1.165, 1.54) is 23.2 Å². The second-order valence-electron chi connectivity index (χ2n) is 7.94. The molecule has 1 saturated carbocycles. The molecule has 0 saturated heterocycles. The molecule has 3 heteroatoms. The lowest BCUT2D eigenvalue weighted by Gasteiger charge is -2.40. The molecule has 0 unspecified atom stereocenters. The molecule has 128 valence electrons. The Morgan fingerprint density at radius 3 is 2.71 bits per heavy atom. The molecular formula is C21H27BrOSi. The number of allylic oxidation sites excluding steroid dienone is 3. The molecule has 1 nitrogen and oxygen atoms in total. The van der Waals surface area contributed by atoms with Crippen molar-refractivity contribution in [2.24, 2.45) is 17.3 Å². The Hall–Kier alpha value is -0.933. The molecule has 0 radical (unpaired) electrons. The van der Waals surface area contributed by atoms with Crippen LogP contribution in [0.3, 0.4) is 0 Å². The highest BCUT2D eigenvalue weighted by atomic mass is 79.9. The Kier molecular flexibility index (Phi) is 5.03. The number of fused-ring (bicyclic) bond motifs is 1. The van der Waals surface area contributed by atoms with Crippen LogP contribution in [0, 0.1) is 17.3 Å². The lowest BCUT2D eigenvalue weighted by molar-refractivity contribution is -0.117. The van der Waals surface area contributed by atoms with Crippen molar-refractivity contribution in [1.82, 2.24) is 0 Å². The first-order valence-electron chi connectivity index (χ1n) is 8.93. The number of alkyl halides is 1. The van der Waals surface area contributed by atoms with Gasteiger partial charge in [-0.25, -0.2) is 0 Å². The normalized spacial score (nSPS) is 29.5. The molecule has 1 aromatic rings. The third kappa shape index (κ3) is 3.01. The summed E-state index contributed by atoms with van der Waals surface area (Å²) in [6.07, 6.45) is 8.26.